The van der Waals surface area contributed by atoms with Crippen LogP contribution in [0.15, 0.2) is 58.4 Å². The maximum Gasteiger partial charge on any atom is 0.262 e. The van der Waals surface area contributed by atoms with Gasteiger partial charge in [-0.25, -0.2) is 8.42 Å². The van der Waals surface area contributed by atoms with Crippen LogP contribution in [0.4, 0.5) is 17.1 Å². The predicted octanol–water partition coefficient (Wildman–Crippen LogP) is 3.20. The van der Waals surface area contributed by atoms with Crippen LogP contribution in [0.3, 0.4) is 0 Å². The van der Waals surface area contributed by atoms with Crippen molar-refractivity contribution in [3.8, 4) is 0 Å². The number of benzene rings is 2. The monoisotopic (exact) mass is 455 g/mol. The number of anilines is 3. The molecule has 2 heterocycles. The molecule has 4 rings (SSSR count). The third-order valence-electron chi connectivity index (χ3n) is 5.59. The molecule has 2 aliphatic rings. The highest BCUT2D eigenvalue weighted by molar-refractivity contribution is 7.90. The molecule has 2 aliphatic heterocycles. The SMILES string of the molecule is O=C(CNc1ccccc1N1CCCCC1)Nc1cccc(S(=O)(=O)NC2=NCCC2)c1. The van der Waals surface area contributed by atoms with Crippen LogP contribution in [0.5, 0.6) is 0 Å². The normalized spacial score (nSPS) is 16.4. The molecule has 0 saturated carbocycles. The number of hydrogen-bond donors (Lipinski definition) is 3. The number of piperidine rings is 1. The van der Waals surface area contributed by atoms with Crippen molar-refractivity contribution in [2.45, 2.75) is 37.0 Å². The summed E-state index contributed by atoms with van der Waals surface area (Å²) in [5, 5.41) is 6.00. The lowest BCUT2D eigenvalue weighted by Gasteiger charge is -2.30. The van der Waals surface area contributed by atoms with Gasteiger partial charge in [-0.2, -0.15) is 0 Å². The van der Waals surface area contributed by atoms with E-state index in [1.807, 2.05) is 18.2 Å². The van der Waals surface area contributed by atoms with Gasteiger partial charge in [-0.1, -0.05) is 18.2 Å². The van der Waals surface area contributed by atoms with Gasteiger partial charge in [-0.15, -0.1) is 0 Å². The zero-order valence-electron chi connectivity index (χ0n) is 18.0. The summed E-state index contributed by atoms with van der Waals surface area (Å²) in [6.45, 7) is 2.76. The number of hydrogen-bond acceptors (Lipinski definition) is 6. The summed E-state index contributed by atoms with van der Waals surface area (Å²) < 4.78 is 27.7. The maximum absolute atomic E-state index is 12.6. The molecule has 0 unspecified atom stereocenters. The summed E-state index contributed by atoms with van der Waals surface area (Å²) in [6, 6.07) is 14.2. The van der Waals surface area contributed by atoms with Gasteiger partial charge in [0.05, 0.1) is 22.8 Å². The molecule has 1 fully saturated rings. The van der Waals surface area contributed by atoms with Gasteiger partial charge in [-0.3, -0.25) is 14.5 Å². The molecule has 1 amide bonds. The van der Waals surface area contributed by atoms with Crippen LogP contribution in [0.1, 0.15) is 32.1 Å². The highest BCUT2D eigenvalue weighted by Crippen LogP contribution is 2.28. The smallest absolute Gasteiger partial charge is 0.262 e. The highest BCUT2D eigenvalue weighted by Gasteiger charge is 2.19. The third kappa shape index (κ3) is 5.59. The minimum absolute atomic E-state index is 0.0802. The second kappa shape index (κ2) is 10.0. The lowest BCUT2D eigenvalue weighted by Crippen LogP contribution is -2.30. The minimum atomic E-state index is -3.73. The standard InChI is InChI=1S/C23H29N5O3S/c29-23(17-25-20-10-2-3-11-21(20)28-14-4-1-5-15-28)26-18-8-6-9-19(16-18)32(30,31)27-22-12-7-13-24-22/h2-3,6,8-11,16,25H,1,4-5,7,12-15,17H2,(H,24,27)(H,26,29). The summed E-state index contributed by atoms with van der Waals surface area (Å²) in [4.78, 5) is 19.1. The number of amides is 1. The quantitative estimate of drug-likeness (QED) is 0.595. The topological polar surface area (TPSA) is 103 Å². The van der Waals surface area contributed by atoms with E-state index in [0.29, 0.717) is 24.5 Å². The molecular formula is C23H29N5O3S. The zero-order chi connectivity index (χ0) is 22.4. The van der Waals surface area contributed by atoms with Gasteiger partial charge in [0, 0.05) is 31.7 Å². The van der Waals surface area contributed by atoms with Crippen molar-refractivity contribution in [1.29, 1.82) is 0 Å². The Morgan fingerprint density at radius 1 is 1.00 bits per heavy atom. The fourth-order valence-electron chi connectivity index (χ4n) is 3.99. The zero-order valence-corrected chi connectivity index (χ0v) is 18.8. The predicted molar refractivity (Wildman–Crippen MR) is 128 cm³/mol. The number of sulfonamides is 1. The lowest BCUT2D eigenvalue weighted by molar-refractivity contribution is -0.114. The van der Waals surface area contributed by atoms with Crippen molar-refractivity contribution >= 4 is 38.8 Å². The Labute approximate surface area is 189 Å². The van der Waals surface area contributed by atoms with E-state index in [1.165, 1.54) is 31.4 Å². The van der Waals surface area contributed by atoms with E-state index in [-0.39, 0.29) is 17.3 Å². The first-order valence-electron chi connectivity index (χ1n) is 11.1. The minimum Gasteiger partial charge on any atom is -0.374 e. The van der Waals surface area contributed by atoms with Crippen LogP contribution in [0, 0.1) is 0 Å². The number of carbonyl (C=O) groups excluding carboxylic acids is 1. The number of para-hydroxylation sites is 2. The largest absolute Gasteiger partial charge is 0.374 e. The Bertz CT molecular complexity index is 1090. The summed E-state index contributed by atoms with van der Waals surface area (Å²) in [5.41, 5.74) is 2.45. The fraction of sp³-hybridized carbons (Fsp3) is 0.391. The molecule has 2 aromatic rings. The number of amidine groups is 1. The van der Waals surface area contributed by atoms with E-state index in [1.54, 1.807) is 12.1 Å². The molecule has 0 aliphatic carbocycles. The lowest BCUT2D eigenvalue weighted by atomic mass is 10.1. The van der Waals surface area contributed by atoms with Crippen LogP contribution in [-0.2, 0) is 14.8 Å². The van der Waals surface area contributed by atoms with Crippen LogP contribution in [0.2, 0.25) is 0 Å². The molecule has 0 aromatic heterocycles. The molecule has 32 heavy (non-hydrogen) atoms. The number of nitrogens with one attached hydrogen (secondary N) is 3. The average molecular weight is 456 g/mol. The van der Waals surface area contributed by atoms with Gasteiger partial charge in [0.1, 0.15) is 5.84 Å². The van der Waals surface area contributed by atoms with Crippen LogP contribution in [0.25, 0.3) is 0 Å². The van der Waals surface area contributed by atoms with Crippen molar-refractivity contribution in [1.82, 2.24) is 4.72 Å². The molecule has 0 radical (unpaired) electrons. The van der Waals surface area contributed by atoms with Gasteiger partial charge in [0.15, 0.2) is 0 Å². The van der Waals surface area contributed by atoms with Gasteiger partial charge < -0.3 is 15.5 Å². The van der Waals surface area contributed by atoms with Crippen molar-refractivity contribution in [2.24, 2.45) is 4.99 Å². The number of nitrogens with zero attached hydrogens (tertiary/aromatic N) is 2. The summed E-state index contributed by atoms with van der Waals surface area (Å²) >= 11 is 0. The van der Waals surface area contributed by atoms with E-state index >= 15 is 0 Å². The molecule has 8 nitrogen and oxygen atoms in total. The molecule has 0 spiro atoms. The molecule has 0 bridgehead atoms. The molecular weight excluding hydrogens is 426 g/mol. The van der Waals surface area contributed by atoms with Crippen molar-refractivity contribution in [3.05, 3.63) is 48.5 Å². The summed E-state index contributed by atoms with van der Waals surface area (Å²) in [5.74, 6) is 0.233. The molecule has 9 heteroatoms. The Morgan fingerprint density at radius 3 is 2.59 bits per heavy atom. The van der Waals surface area contributed by atoms with E-state index in [4.69, 9.17) is 0 Å². The van der Waals surface area contributed by atoms with E-state index in [9.17, 15) is 13.2 Å². The van der Waals surface area contributed by atoms with E-state index in [0.717, 1.165) is 30.9 Å². The second-order valence-corrected chi connectivity index (χ2v) is 9.71. The van der Waals surface area contributed by atoms with Gasteiger partial charge in [0.2, 0.25) is 5.91 Å². The molecule has 0 atom stereocenters. The Hall–Kier alpha value is -3.07. The molecule has 3 N–H and O–H groups in total. The van der Waals surface area contributed by atoms with Crippen LogP contribution >= 0.6 is 0 Å². The average Bonchev–Trinajstić information content (AvgIpc) is 3.31. The number of rotatable bonds is 7. The second-order valence-electron chi connectivity index (χ2n) is 8.03. The highest BCUT2D eigenvalue weighted by atomic mass is 32.2. The van der Waals surface area contributed by atoms with Crippen LogP contribution in [-0.4, -0.2) is 46.3 Å². The Balaban J connectivity index is 1.37. The Kier molecular flexibility index (Phi) is 6.94. The van der Waals surface area contributed by atoms with Gasteiger partial charge in [-0.05, 0) is 56.0 Å². The van der Waals surface area contributed by atoms with Gasteiger partial charge >= 0.3 is 0 Å². The van der Waals surface area contributed by atoms with Crippen molar-refractivity contribution in [3.63, 3.8) is 0 Å². The Morgan fingerprint density at radius 2 is 1.81 bits per heavy atom. The van der Waals surface area contributed by atoms with Crippen LogP contribution < -0.4 is 20.3 Å². The first-order valence-corrected chi connectivity index (χ1v) is 12.5. The number of aliphatic imine (C=N–C) groups is 1. The first-order chi connectivity index (χ1) is 15.5. The fourth-order valence-corrected chi connectivity index (χ4v) is 5.13. The first kappa shape index (κ1) is 22.1. The van der Waals surface area contributed by atoms with E-state index < -0.39 is 10.0 Å². The maximum atomic E-state index is 12.6. The molecule has 1 saturated heterocycles. The number of carbonyl (C=O) groups is 1. The summed E-state index contributed by atoms with van der Waals surface area (Å²) in [7, 11) is -3.73. The molecule has 2 aromatic carbocycles. The van der Waals surface area contributed by atoms with Gasteiger partial charge in [0.25, 0.3) is 10.0 Å². The van der Waals surface area contributed by atoms with Crippen molar-refractivity contribution < 1.29 is 13.2 Å². The van der Waals surface area contributed by atoms with Crippen molar-refractivity contribution in [2.75, 3.05) is 41.7 Å². The summed E-state index contributed by atoms with van der Waals surface area (Å²) in [6.07, 6.45) is 5.08. The molecule has 170 valence electrons. The third-order valence-corrected chi connectivity index (χ3v) is 6.97. The van der Waals surface area contributed by atoms with E-state index in [2.05, 4.69) is 31.3 Å².